The fourth-order valence-electron chi connectivity index (χ4n) is 1.80. The molecule has 0 bridgehead atoms. The Labute approximate surface area is 111 Å². The lowest BCUT2D eigenvalue weighted by atomic mass is 10.1. The van der Waals surface area contributed by atoms with E-state index in [1.54, 1.807) is 11.3 Å². The molecule has 1 unspecified atom stereocenters. The summed E-state index contributed by atoms with van der Waals surface area (Å²) in [7, 11) is 0. The van der Waals surface area contributed by atoms with E-state index in [0.29, 0.717) is 5.56 Å². The molecule has 1 atom stereocenters. The minimum atomic E-state index is 0.108. The van der Waals surface area contributed by atoms with Crippen molar-refractivity contribution in [2.45, 2.75) is 26.8 Å². The van der Waals surface area contributed by atoms with Crippen LogP contribution in [0.15, 0.2) is 23.6 Å². The molecular formula is C14H15N3S. The van der Waals surface area contributed by atoms with Crippen LogP contribution >= 0.6 is 11.3 Å². The van der Waals surface area contributed by atoms with Gasteiger partial charge in [0.15, 0.2) is 0 Å². The van der Waals surface area contributed by atoms with E-state index in [4.69, 9.17) is 5.26 Å². The van der Waals surface area contributed by atoms with Gasteiger partial charge in [-0.25, -0.2) is 4.98 Å². The van der Waals surface area contributed by atoms with Gasteiger partial charge in [-0.2, -0.15) is 5.26 Å². The summed E-state index contributed by atoms with van der Waals surface area (Å²) in [4.78, 5) is 4.47. The lowest BCUT2D eigenvalue weighted by Gasteiger charge is -2.16. The molecule has 4 heteroatoms. The summed E-state index contributed by atoms with van der Waals surface area (Å²) in [6, 6.07) is 8.06. The topological polar surface area (TPSA) is 48.7 Å². The minimum Gasteiger partial charge on any atom is -0.375 e. The molecule has 0 aliphatic rings. The van der Waals surface area contributed by atoms with Crippen molar-refractivity contribution in [2.75, 3.05) is 5.32 Å². The predicted octanol–water partition coefficient (Wildman–Crippen LogP) is 3.80. The van der Waals surface area contributed by atoms with Crippen molar-refractivity contribution in [1.29, 1.82) is 5.26 Å². The molecule has 1 heterocycles. The van der Waals surface area contributed by atoms with Crippen LogP contribution in [0.4, 0.5) is 5.69 Å². The van der Waals surface area contributed by atoms with Crippen molar-refractivity contribution in [2.24, 2.45) is 0 Å². The van der Waals surface area contributed by atoms with E-state index < -0.39 is 0 Å². The molecule has 2 rings (SSSR count). The zero-order valence-electron chi connectivity index (χ0n) is 10.7. The number of aromatic nitrogens is 1. The molecule has 0 radical (unpaired) electrons. The second-order valence-corrected chi connectivity index (χ2v) is 5.19. The standard InChI is InChI=1S/C14H15N3S/c1-9-5-4-6-12(7-15)13(9)17-11(3)14-16-10(2)8-18-14/h4-6,8,11,17H,1-3H3. The Morgan fingerprint density at radius 3 is 2.78 bits per heavy atom. The average Bonchev–Trinajstić information content (AvgIpc) is 2.78. The zero-order valence-corrected chi connectivity index (χ0v) is 11.5. The van der Waals surface area contributed by atoms with Crippen molar-refractivity contribution in [1.82, 2.24) is 4.98 Å². The largest absolute Gasteiger partial charge is 0.375 e. The van der Waals surface area contributed by atoms with Crippen molar-refractivity contribution in [3.8, 4) is 6.07 Å². The first-order valence-electron chi connectivity index (χ1n) is 5.80. The number of para-hydroxylation sites is 1. The summed E-state index contributed by atoms with van der Waals surface area (Å²) < 4.78 is 0. The number of hydrogen-bond acceptors (Lipinski definition) is 4. The normalized spacial score (nSPS) is 11.9. The number of hydrogen-bond donors (Lipinski definition) is 1. The highest BCUT2D eigenvalue weighted by molar-refractivity contribution is 7.09. The van der Waals surface area contributed by atoms with E-state index in [-0.39, 0.29) is 6.04 Å². The van der Waals surface area contributed by atoms with Crippen molar-refractivity contribution in [3.05, 3.63) is 45.4 Å². The number of aryl methyl sites for hydroxylation is 2. The molecule has 3 nitrogen and oxygen atoms in total. The van der Waals surface area contributed by atoms with Crippen LogP contribution in [0.3, 0.4) is 0 Å². The third-order valence-electron chi connectivity index (χ3n) is 2.76. The van der Waals surface area contributed by atoms with Crippen LogP contribution in [0, 0.1) is 25.2 Å². The number of rotatable bonds is 3. The molecule has 0 amide bonds. The molecule has 0 saturated carbocycles. The summed E-state index contributed by atoms with van der Waals surface area (Å²) in [6.45, 7) is 6.05. The fourth-order valence-corrected chi connectivity index (χ4v) is 2.61. The van der Waals surface area contributed by atoms with Gasteiger partial charge in [-0.1, -0.05) is 12.1 Å². The van der Waals surface area contributed by atoms with Gasteiger partial charge in [0.05, 0.1) is 17.3 Å². The third-order valence-corrected chi connectivity index (χ3v) is 3.91. The molecule has 0 saturated heterocycles. The number of nitrogens with one attached hydrogen (secondary N) is 1. The van der Waals surface area contributed by atoms with Gasteiger partial charge in [0, 0.05) is 11.1 Å². The van der Waals surface area contributed by atoms with E-state index in [1.807, 2.05) is 37.4 Å². The molecule has 1 N–H and O–H groups in total. The first-order chi connectivity index (χ1) is 8.61. The lowest BCUT2D eigenvalue weighted by molar-refractivity contribution is 0.861. The molecule has 1 aromatic heterocycles. The molecule has 0 spiro atoms. The maximum absolute atomic E-state index is 9.13. The number of nitriles is 1. The summed E-state index contributed by atoms with van der Waals surface area (Å²) in [5.74, 6) is 0. The van der Waals surface area contributed by atoms with Crippen LogP contribution in [-0.2, 0) is 0 Å². The summed E-state index contributed by atoms with van der Waals surface area (Å²) >= 11 is 1.64. The van der Waals surface area contributed by atoms with Gasteiger partial charge >= 0.3 is 0 Å². The quantitative estimate of drug-likeness (QED) is 0.909. The smallest absolute Gasteiger partial charge is 0.115 e. The first-order valence-corrected chi connectivity index (χ1v) is 6.68. The summed E-state index contributed by atoms with van der Waals surface area (Å²) in [5.41, 5.74) is 3.69. The van der Waals surface area contributed by atoms with E-state index in [1.165, 1.54) is 0 Å². The number of nitrogens with zero attached hydrogens (tertiary/aromatic N) is 2. The maximum atomic E-state index is 9.13. The van der Waals surface area contributed by atoms with Crippen molar-refractivity contribution < 1.29 is 0 Å². The molecule has 92 valence electrons. The minimum absolute atomic E-state index is 0.108. The van der Waals surface area contributed by atoms with Gasteiger partial charge in [-0.3, -0.25) is 0 Å². The Bertz CT molecular complexity index is 595. The van der Waals surface area contributed by atoms with Crippen LogP contribution in [0.2, 0.25) is 0 Å². The Balaban J connectivity index is 2.27. The first kappa shape index (κ1) is 12.6. The van der Waals surface area contributed by atoms with Crippen molar-refractivity contribution in [3.63, 3.8) is 0 Å². The highest BCUT2D eigenvalue weighted by Gasteiger charge is 2.12. The Morgan fingerprint density at radius 2 is 2.17 bits per heavy atom. The molecule has 1 aromatic carbocycles. The Hall–Kier alpha value is -1.86. The van der Waals surface area contributed by atoms with Gasteiger partial charge in [-0.05, 0) is 32.4 Å². The van der Waals surface area contributed by atoms with Gasteiger partial charge < -0.3 is 5.32 Å². The molecule has 2 aromatic rings. The average molecular weight is 257 g/mol. The molecule has 0 aliphatic heterocycles. The maximum Gasteiger partial charge on any atom is 0.115 e. The highest BCUT2D eigenvalue weighted by atomic mass is 32.1. The molecule has 18 heavy (non-hydrogen) atoms. The van der Waals surface area contributed by atoms with E-state index in [9.17, 15) is 0 Å². The SMILES string of the molecule is Cc1csc(C(C)Nc2c(C)cccc2C#N)n1. The van der Waals surface area contributed by atoms with Gasteiger partial charge in [0.25, 0.3) is 0 Å². The highest BCUT2D eigenvalue weighted by Crippen LogP contribution is 2.26. The van der Waals surface area contributed by atoms with Crippen LogP contribution < -0.4 is 5.32 Å². The van der Waals surface area contributed by atoms with Crippen LogP contribution in [-0.4, -0.2) is 4.98 Å². The predicted molar refractivity (Wildman–Crippen MR) is 74.8 cm³/mol. The van der Waals surface area contributed by atoms with Crippen molar-refractivity contribution >= 4 is 17.0 Å². The second kappa shape index (κ2) is 5.19. The summed E-state index contributed by atoms with van der Waals surface area (Å²) in [5, 5.41) is 15.6. The zero-order chi connectivity index (χ0) is 13.1. The molecule has 0 aliphatic carbocycles. The van der Waals surface area contributed by atoms with Crippen LogP contribution in [0.5, 0.6) is 0 Å². The molecular weight excluding hydrogens is 242 g/mol. The lowest BCUT2D eigenvalue weighted by Crippen LogP contribution is -2.08. The fraction of sp³-hybridized carbons (Fsp3) is 0.286. The van der Waals surface area contributed by atoms with Gasteiger partial charge in [0.2, 0.25) is 0 Å². The van der Waals surface area contributed by atoms with Crippen LogP contribution in [0.1, 0.15) is 34.8 Å². The Morgan fingerprint density at radius 1 is 1.39 bits per heavy atom. The van der Waals surface area contributed by atoms with Gasteiger partial charge in [0.1, 0.15) is 11.1 Å². The van der Waals surface area contributed by atoms with Crippen LogP contribution in [0.25, 0.3) is 0 Å². The van der Waals surface area contributed by atoms with E-state index in [2.05, 4.69) is 23.3 Å². The van der Waals surface area contributed by atoms with E-state index >= 15 is 0 Å². The monoisotopic (exact) mass is 257 g/mol. The molecule has 0 fully saturated rings. The van der Waals surface area contributed by atoms with E-state index in [0.717, 1.165) is 22.0 Å². The van der Waals surface area contributed by atoms with Gasteiger partial charge in [-0.15, -0.1) is 11.3 Å². The number of benzene rings is 1. The Kier molecular flexibility index (Phi) is 3.63. The number of anilines is 1. The summed E-state index contributed by atoms with van der Waals surface area (Å²) in [6.07, 6.45) is 0. The third kappa shape index (κ3) is 2.52. The second-order valence-electron chi connectivity index (χ2n) is 4.30. The number of thiazole rings is 1.